The van der Waals surface area contributed by atoms with Crippen LogP contribution in [0.15, 0.2) is 41.8 Å². The van der Waals surface area contributed by atoms with Gasteiger partial charge in [0.25, 0.3) is 5.91 Å². The summed E-state index contributed by atoms with van der Waals surface area (Å²) in [5.41, 5.74) is 6.98. The highest BCUT2D eigenvalue weighted by molar-refractivity contribution is 7.80. The molecule has 0 bridgehead atoms. The van der Waals surface area contributed by atoms with Gasteiger partial charge in [-0.25, -0.2) is 0 Å². The fraction of sp³-hybridized carbons (Fsp3) is 0.200. The molecular formula is C15H16N2O2S2. The van der Waals surface area contributed by atoms with E-state index in [1.807, 2.05) is 17.5 Å². The average Bonchev–Trinajstić information content (AvgIpc) is 2.98. The molecule has 0 saturated heterocycles. The smallest absolute Gasteiger partial charge is 0.253 e. The minimum atomic E-state index is -0.526. The van der Waals surface area contributed by atoms with Gasteiger partial charge in [0.2, 0.25) is 0 Å². The van der Waals surface area contributed by atoms with Crippen LogP contribution in [-0.2, 0) is 16.1 Å². The molecule has 2 rings (SSSR count). The lowest BCUT2D eigenvalue weighted by molar-refractivity contribution is -0.127. The third kappa shape index (κ3) is 4.63. The monoisotopic (exact) mass is 320 g/mol. The molecule has 1 atom stereocenters. The predicted octanol–water partition coefficient (Wildman–Crippen LogP) is 2.93. The van der Waals surface area contributed by atoms with Crippen LogP contribution in [0.1, 0.15) is 17.4 Å². The average molecular weight is 320 g/mol. The number of hydrogen-bond acceptors (Lipinski definition) is 4. The maximum Gasteiger partial charge on any atom is 0.253 e. The SMILES string of the molecule is CC(OCc1cccs1)C(=O)Nc1ccc(C(N)=S)cc1. The second-order valence-corrected chi connectivity index (χ2v) is 5.94. The standard InChI is InChI=1S/C15H16N2O2S2/c1-10(19-9-13-3-2-8-21-13)15(18)17-12-6-4-11(5-7-12)14(16)20/h2-8,10H,9H2,1H3,(H2,16,20)(H,17,18). The molecular weight excluding hydrogens is 304 g/mol. The number of benzene rings is 1. The number of anilines is 1. The van der Waals surface area contributed by atoms with Crippen LogP contribution in [0.4, 0.5) is 5.69 Å². The second kappa shape index (κ2) is 7.31. The van der Waals surface area contributed by atoms with Crippen molar-refractivity contribution in [3.8, 4) is 0 Å². The Bertz CT molecular complexity index is 609. The van der Waals surface area contributed by atoms with Gasteiger partial charge in [-0.05, 0) is 42.6 Å². The number of carbonyl (C=O) groups excluding carboxylic acids is 1. The third-order valence-corrected chi connectivity index (χ3v) is 3.95. The maximum atomic E-state index is 12.0. The number of thiocarbonyl (C=S) groups is 1. The normalized spacial score (nSPS) is 11.9. The number of hydrogen-bond donors (Lipinski definition) is 2. The van der Waals surface area contributed by atoms with E-state index < -0.39 is 6.10 Å². The molecule has 6 heteroatoms. The number of carbonyl (C=O) groups is 1. The quantitative estimate of drug-likeness (QED) is 0.803. The van der Waals surface area contributed by atoms with Crippen molar-refractivity contribution in [2.24, 2.45) is 5.73 Å². The van der Waals surface area contributed by atoms with Crippen molar-refractivity contribution in [3.05, 3.63) is 52.2 Å². The van der Waals surface area contributed by atoms with Crippen LogP contribution in [0.5, 0.6) is 0 Å². The Morgan fingerprint density at radius 1 is 1.38 bits per heavy atom. The number of ether oxygens (including phenoxy) is 1. The first-order valence-corrected chi connectivity index (χ1v) is 7.70. The van der Waals surface area contributed by atoms with Crippen molar-refractivity contribution in [2.75, 3.05) is 5.32 Å². The molecule has 0 radical (unpaired) electrons. The summed E-state index contributed by atoms with van der Waals surface area (Å²) in [7, 11) is 0. The Morgan fingerprint density at radius 2 is 2.10 bits per heavy atom. The molecule has 21 heavy (non-hydrogen) atoms. The van der Waals surface area contributed by atoms with Crippen molar-refractivity contribution in [2.45, 2.75) is 19.6 Å². The summed E-state index contributed by atoms with van der Waals surface area (Å²) in [6, 6.07) is 11.0. The van der Waals surface area contributed by atoms with Crippen LogP contribution in [0.2, 0.25) is 0 Å². The summed E-state index contributed by atoms with van der Waals surface area (Å²) in [5, 5.41) is 4.77. The van der Waals surface area contributed by atoms with Crippen LogP contribution < -0.4 is 11.1 Å². The molecule has 0 spiro atoms. The van der Waals surface area contributed by atoms with E-state index in [-0.39, 0.29) is 5.91 Å². The van der Waals surface area contributed by atoms with Gasteiger partial charge in [0.15, 0.2) is 0 Å². The van der Waals surface area contributed by atoms with Gasteiger partial charge in [0, 0.05) is 16.1 Å². The molecule has 4 nitrogen and oxygen atoms in total. The lowest BCUT2D eigenvalue weighted by atomic mass is 10.2. The fourth-order valence-electron chi connectivity index (χ4n) is 1.64. The Kier molecular flexibility index (Phi) is 5.44. The zero-order chi connectivity index (χ0) is 15.2. The molecule has 3 N–H and O–H groups in total. The number of amides is 1. The van der Waals surface area contributed by atoms with Crippen molar-refractivity contribution in [1.82, 2.24) is 0 Å². The molecule has 0 aliphatic rings. The topological polar surface area (TPSA) is 64.3 Å². The van der Waals surface area contributed by atoms with E-state index in [4.69, 9.17) is 22.7 Å². The van der Waals surface area contributed by atoms with Gasteiger partial charge in [-0.1, -0.05) is 18.3 Å². The first-order chi connectivity index (χ1) is 10.1. The van der Waals surface area contributed by atoms with Crippen LogP contribution in [0, 0.1) is 0 Å². The second-order valence-electron chi connectivity index (χ2n) is 4.46. The van der Waals surface area contributed by atoms with Gasteiger partial charge < -0.3 is 15.8 Å². The zero-order valence-electron chi connectivity index (χ0n) is 11.5. The highest BCUT2D eigenvalue weighted by atomic mass is 32.1. The van der Waals surface area contributed by atoms with E-state index in [0.29, 0.717) is 17.3 Å². The summed E-state index contributed by atoms with van der Waals surface area (Å²) in [6.45, 7) is 2.17. The summed E-state index contributed by atoms with van der Waals surface area (Å²) in [5.74, 6) is -0.186. The first kappa shape index (κ1) is 15.6. The summed E-state index contributed by atoms with van der Waals surface area (Å²) < 4.78 is 5.54. The lowest BCUT2D eigenvalue weighted by Gasteiger charge is -2.13. The van der Waals surface area contributed by atoms with Gasteiger partial charge >= 0.3 is 0 Å². The molecule has 0 aliphatic carbocycles. The van der Waals surface area contributed by atoms with E-state index in [0.717, 1.165) is 10.4 Å². The van der Waals surface area contributed by atoms with E-state index in [1.165, 1.54) is 0 Å². The number of thiophene rings is 1. The molecule has 1 aromatic heterocycles. The van der Waals surface area contributed by atoms with E-state index in [2.05, 4.69) is 5.32 Å². The third-order valence-electron chi connectivity index (χ3n) is 2.86. The summed E-state index contributed by atoms with van der Waals surface area (Å²) in [4.78, 5) is 13.4. The number of rotatable bonds is 6. The van der Waals surface area contributed by atoms with Crippen molar-refractivity contribution in [1.29, 1.82) is 0 Å². The zero-order valence-corrected chi connectivity index (χ0v) is 13.2. The summed E-state index contributed by atoms with van der Waals surface area (Å²) in [6.07, 6.45) is -0.526. The molecule has 1 aromatic carbocycles. The number of nitrogens with one attached hydrogen (secondary N) is 1. The van der Waals surface area contributed by atoms with Gasteiger partial charge in [-0.2, -0.15) is 0 Å². The predicted molar refractivity (Wildman–Crippen MR) is 89.5 cm³/mol. The number of nitrogens with two attached hydrogens (primary N) is 1. The lowest BCUT2D eigenvalue weighted by Crippen LogP contribution is -2.27. The minimum absolute atomic E-state index is 0.186. The molecule has 0 aliphatic heterocycles. The van der Waals surface area contributed by atoms with Crippen molar-refractivity contribution < 1.29 is 9.53 Å². The Balaban J connectivity index is 1.86. The highest BCUT2D eigenvalue weighted by Gasteiger charge is 2.14. The Labute approximate surface area is 132 Å². The van der Waals surface area contributed by atoms with Crippen LogP contribution in [0.25, 0.3) is 0 Å². The first-order valence-electron chi connectivity index (χ1n) is 6.41. The molecule has 0 fully saturated rings. The molecule has 1 unspecified atom stereocenters. The van der Waals surface area contributed by atoms with Crippen LogP contribution in [0.3, 0.4) is 0 Å². The molecule has 0 saturated carbocycles. The van der Waals surface area contributed by atoms with Gasteiger partial charge in [0.1, 0.15) is 11.1 Å². The van der Waals surface area contributed by atoms with Gasteiger partial charge in [-0.3, -0.25) is 4.79 Å². The minimum Gasteiger partial charge on any atom is -0.389 e. The van der Waals surface area contributed by atoms with Crippen molar-refractivity contribution in [3.63, 3.8) is 0 Å². The highest BCUT2D eigenvalue weighted by Crippen LogP contribution is 2.13. The molecule has 2 aromatic rings. The maximum absolute atomic E-state index is 12.0. The Morgan fingerprint density at radius 3 is 2.67 bits per heavy atom. The van der Waals surface area contributed by atoms with Gasteiger partial charge in [-0.15, -0.1) is 11.3 Å². The molecule has 1 amide bonds. The van der Waals surface area contributed by atoms with Gasteiger partial charge in [0.05, 0.1) is 6.61 Å². The largest absolute Gasteiger partial charge is 0.389 e. The van der Waals surface area contributed by atoms with E-state index >= 15 is 0 Å². The molecule has 110 valence electrons. The van der Waals surface area contributed by atoms with E-state index in [9.17, 15) is 4.79 Å². The Hall–Kier alpha value is -1.76. The fourth-order valence-corrected chi connectivity index (χ4v) is 2.40. The van der Waals surface area contributed by atoms with Crippen LogP contribution >= 0.6 is 23.6 Å². The van der Waals surface area contributed by atoms with Crippen molar-refractivity contribution >= 4 is 40.1 Å². The summed E-state index contributed by atoms with van der Waals surface area (Å²) >= 11 is 6.48. The van der Waals surface area contributed by atoms with Crippen LogP contribution in [-0.4, -0.2) is 17.0 Å². The van der Waals surface area contributed by atoms with E-state index in [1.54, 1.807) is 42.5 Å². The molecule has 1 heterocycles.